The normalized spacial score (nSPS) is 11.6. The molecular weight excluding hydrogens is 188 g/mol. The summed E-state index contributed by atoms with van der Waals surface area (Å²) in [6, 6.07) is 3.91. The number of nitriles is 1. The molecule has 0 radical (unpaired) electrons. The van der Waals surface area contributed by atoms with Crippen LogP contribution in [0, 0.1) is 11.3 Å². The van der Waals surface area contributed by atoms with Gasteiger partial charge in [-0.1, -0.05) is 20.8 Å². The molecule has 4 nitrogen and oxygen atoms in total. The van der Waals surface area contributed by atoms with Crippen molar-refractivity contribution in [1.82, 2.24) is 15.2 Å². The van der Waals surface area contributed by atoms with Gasteiger partial charge >= 0.3 is 0 Å². The molecule has 2 rings (SSSR count). The Hall–Kier alpha value is -1.89. The summed E-state index contributed by atoms with van der Waals surface area (Å²) in [4.78, 5) is 4.12. The minimum atomic E-state index is -0.0233. The fourth-order valence-corrected chi connectivity index (χ4v) is 1.53. The molecule has 0 saturated carbocycles. The fourth-order valence-electron chi connectivity index (χ4n) is 1.53. The minimum absolute atomic E-state index is 0.0233. The third kappa shape index (κ3) is 1.57. The highest BCUT2D eigenvalue weighted by atomic mass is 15.2. The highest BCUT2D eigenvalue weighted by Gasteiger charge is 2.20. The van der Waals surface area contributed by atoms with Gasteiger partial charge < -0.3 is 0 Å². The van der Waals surface area contributed by atoms with E-state index in [1.54, 1.807) is 0 Å². The third-order valence-electron chi connectivity index (χ3n) is 2.29. The highest BCUT2D eigenvalue weighted by Crippen LogP contribution is 2.27. The van der Waals surface area contributed by atoms with Crippen molar-refractivity contribution in [3.8, 4) is 6.07 Å². The molecule has 0 fully saturated rings. The third-order valence-corrected chi connectivity index (χ3v) is 2.29. The molecule has 0 aliphatic carbocycles. The van der Waals surface area contributed by atoms with Crippen molar-refractivity contribution in [1.29, 1.82) is 5.26 Å². The molecule has 0 spiro atoms. The van der Waals surface area contributed by atoms with Gasteiger partial charge in [0.15, 0.2) is 5.65 Å². The number of H-pyrrole nitrogens is 1. The van der Waals surface area contributed by atoms with Gasteiger partial charge in [-0.2, -0.15) is 10.4 Å². The van der Waals surface area contributed by atoms with Crippen molar-refractivity contribution in [2.24, 2.45) is 0 Å². The van der Waals surface area contributed by atoms with Crippen LogP contribution in [-0.2, 0) is 5.41 Å². The van der Waals surface area contributed by atoms with E-state index in [1.165, 1.54) is 6.20 Å². The Morgan fingerprint density at radius 1 is 1.40 bits per heavy atom. The summed E-state index contributed by atoms with van der Waals surface area (Å²) in [6.45, 7) is 6.29. The number of nitrogens with zero attached hydrogens (tertiary/aromatic N) is 3. The first kappa shape index (κ1) is 9.66. The van der Waals surface area contributed by atoms with E-state index >= 15 is 0 Å². The van der Waals surface area contributed by atoms with E-state index in [2.05, 4.69) is 42.0 Å². The highest BCUT2D eigenvalue weighted by molar-refractivity contribution is 5.79. The van der Waals surface area contributed by atoms with Crippen LogP contribution in [0.1, 0.15) is 32.0 Å². The Morgan fingerprint density at radius 3 is 2.73 bits per heavy atom. The minimum Gasteiger partial charge on any atom is -0.279 e. The quantitative estimate of drug-likeness (QED) is 0.708. The number of fused-ring (bicyclic) bond motifs is 1. The predicted molar refractivity (Wildman–Crippen MR) is 57.3 cm³/mol. The summed E-state index contributed by atoms with van der Waals surface area (Å²) in [6.07, 6.45) is 1.54. The standard InChI is InChI=1S/C11H12N4/c1-11(2,3)9-8-4-7(5-12)6-13-10(8)15-14-9/h4,6H,1-3H3,(H,13,14,15). The van der Waals surface area contributed by atoms with Crippen LogP contribution >= 0.6 is 0 Å². The van der Waals surface area contributed by atoms with Gasteiger partial charge in [-0.25, -0.2) is 4.98 Å². The number of pyridine rings is 1. The number of hydrogen-bond donors (Lipinski definition) is 1. The predicted octanol–water partition coefficient (Wildman–Crippen LogP) is 2.13. The molecule has 2 aromatic heterocycles. The van der Waals surface area contributed by atoms with E-state index in [-0.39, 0.29) is 5.41 Å². The van der Waals surface area contributed by atoms with Gasteiger partial charge in [0.25, 0.3) is 0 Å². The fraction of sp³-hybridized carbons (Fsp3) is 0.364. The van der Waals surface area contributed by atoms with Crippen molar-refractivity contribution in [3.05, 3.63) is 23.5 Å². The number of rotatable bonds is 0. The molecule has 0 unspecified atom stereocenters. The molecule has 0 aromatic carbocycles. The number of aromatic nitrogens is 3. The van der Waals surface area contributed by atoms with E-state index in [0.717, 1.165) is 11.1 Å². The molecule has 1 N–H and O–H groups in total. The van der Waals surface area contributed by atoms with E-state index in [9.17, 15) is 0 Å². The second-order valence-corrected chi connectivity index (χ2v) is 4.56. The molecule has 4 heteroatoms. The van der Waals surface area contributed by atoms with Gasteiger partial charge in [0.05, 0.1) is 11.3 Å². The Labute approximate surface area is 87.9 Å². The van der Waals surface area contributed by atoms with Gasteiger partial charge in [-0.05, 0) is 6.07 Å². The van der Waals surface area contributed by atoms with E-state index in [4.69, 9.17) is 5.26 Å². The van der Waals surface area contributed by atoms with Crippen LogP contribution in [0.3, 0.4) is 0 Å². The maximum atomic E-state index is 8.81. The van der Waals surface area contributed by atoms with Gasteiger partial charge in [0.1, 0.15) is 6.07 Å². The Morgan fingerprint density at radius 2 is 2.13 bits per heavy atom. The summed E-state index contributed by atoms with van der Waals surface area (Å²) >= 11 is 0. The monoisotopic (exact) mass is 200 g/mol. The lowest BCUT2D eigenvalue weighted by Gasteiger charge is -2.16. The first-order valence-corrected chi connectivity index (χ1v) is 4.77. The van der Waals surface area contributed by atoms with Crippen molar-refractivity contribution >= 4 is 11.0 Å². The van der Waals surface area contributed by atoms with Crippen LogP contribution < -0.4 is 0 Å². The van der Waals surface area contributed by atoms with Gasteiger partial charge in [0, 0.05) is 17.0 Å². The summed E-state index contributed by atoms with van der Waals surface area (Å²) in [7, 11) is 0. The number of hydrogen-bond acceptors (Lipinski definition) is 3. The summed E-state index contributed by atoms with van der Waals surface area (Å²) in [5.74, 6) is 0. The number of aromatic amines is 1. The molecule has 0 amide bonds. The lowest BCUT2D eigenvalue weighted by atomic mass is 9.90. The van der Waals surface area contributed by atoms with Gasteiger partial charge in [0.2, 0.25) is 0 Å². The molecule has 0 saturated heterocycles. The van der Waals surface area contributed by atoms with Crippen LogP contribution in [-0.4, -0.2) is 15.2 Å². The van der Waals surface area contributed by atoms with Gasteiger partial charge in [-0.15, -0.1) is 0 Å². The summed E-state index contributed by atoms with van der Waals surface area (Å²) < 4.78 is 0. The molecule has 2 aromatic rings. The SMILES string of the molecule is CC(C)(C)c1[nH]nc2ncc(C#N)cc12. The molecule has 76 valence electrons. The lowest BCUT2D eigenvalue weighted by molar-refractivity contribution is 0.571. The topological polar surface area (TPSA) is 65.4 Å². The van der Waals surface area contributed by atoms with E-state index in [0.29, 0.717) is 11.2 Å². The Bertz CT molecular complexity index is 540. The second kappa shape index (κ2) is 3.06. The second-order valence-electron chi connectivity index (χ2n) is 4.56. The summed E-state index contributed by atoms with van der Waals surface area (Å²) in [5, 5.41) is 16.8. The largest absolute Gasteiger partial charge is 0.279 e. The van der Waals surface area contributed by atoms with Crippen LogP contribution in [0.25, 0.3) is 11.0 Å². The average molecular weight is 200 g/mol. The Kier molecular flexibility index (Phi) is 1.97. The zero-order valence-corrected chi connectivity index (χ0v) is 9.00. The molecule has 0 aliphatic heterocycles. The average Bonchev–Trinajstić information content (AvgIpc) is 2.59. The Balaban J connectivity index is 2.73. The molecule has 0 bridgehead atoms. The zero-order chi connectivity index (χ0) is 11.1. The van der Waals surface area contributed by atoms with Gasteiger partial charge in [-0.3, -0.25) is 5.10 Å². The molecule has 0 atom stereocenters. The first-order valence-electron chi connectivity index (χ1n) is 4.77. The van der Waals surface area contributed by atoms with Crippen LogP contribution in [0.4, 0.5) is 0 Å². The maximum absolute atomic E-state index is 8.81. The lowest BCUT2D eigenvalue weighted by Crippen LogP contribution is -2.12. The van der Waals surface area contributed by atoms with Crippen molar-refractivity contribution in [3.63, 3.8) is 0 Å². The first-order chi connectivity index (χ1) is 7.02. The summed E-state index contributed by atoms with van der Waals surface area (Å²) in [5.41, 5.74) is 2.22. The maximum Gasteiger partial charge on any atom is 0.181 e. The smallest absolute Gasteiger partial charge is 0.181 e. The molecular formula is C11H12N4. The van der Waals surface area contributed by atoms with Crippen molar-refractivity contribution in [2.45, 2.75) is 26.2 Å². The van der Waals surface area contributed by atoms with Crippen molar-refractivity contribution in [2.75, 3.05) is 0 Å². The van der Waals surface area contributed by atoms with E-state index in [1.807, 2.05) is 6.07 Å². The zero-order valence-electron chi connectivity index (χ0n) is 9.00. The van der Waals surface area contributed by atoms with E-state index < -0.39 is 0 Å². The molecule has 2 heterocycles. The van der Waals surface area contributed by atoms with Crippen LogP contribution in [0.2, 0.25) is 0 Å². The molecule has 15 heavy (non-hydrogen) atoms. The van der Waals surface area contributed by atoms with Crippen LogP contribution in [0.5, 0.6) is 0 Å². The van der Waals surface area contributed by atoms with Crippen LogP contribution in [0.15, 0.2) is 12.3 Å². The number of nitrogens with one attached hydrogen (secondary N) is 1. The van der Waals surface area contributed by atoms with Crippen molar-refractivity contribution < 1.29 is 0 Å². The molecule has 0 aliphatic rings.